The Morgan fingerprint density at radius 3 is 2.52 bits per heavy atom. The number of nitrogens with one attached hydrogen (secondary N) is 1. The first-order chi connectivity index (χ1) is 10.2. The van der Waals surface area contributed by atoms with E-state index in [9.17, 15) is 0 Å². The molecule has 1 N–H and O–H groups in total. The zero-order chi connectivity index (χ0) is 15.1. The third-order valence-corrected chi connectivity index (χ3v) is 3.66. The summed E-state index contributed by atoms with van der Waals surface area (Å²) in [6.45, 7) is 6.97. The Bertz CT molecular complexity index is 539. The third-order valence-electron chi connectivity index (χ3n) is 3.66. The van der Waals surface area contributed by atoms with E-state index in [0.717, 1.165) is 31.0 Å². The highest BCUT2D eigenvalue weighted by molar-refractivity contribution is 5.20. The first kappa shape index (κ1) is 15.7. The van der Waals surface area contributed by atoms with Crippen LogP contribution in [0.5, 0.6) is 0 Å². The average Bonchev–Trinajstić information content (AvgIpc) is 2.49. The van der Waals surface area contributed by atoms with Crippen molar-refractivity contribution < 1.29 is 0 Å². The summed E-state index contributed by atoms with van der Waals surface area (Å²) >= 11 is 0. The molecule has 21 heavy (non-hydrogen) atoms. The molecule has 0 fully saturated rings. The van der Waals surface area contributed by atoms with Gasteiger partial charge in [-0.15, -0.1) is 0 Å². The minimum Gasteiger partial charge on any atom is -0.315 e. The van der Waals surface area contributed by atoms with Crippen LogP contribution < -0.4 is 5.32 Å². The number of likely N-dealkylation sites (N-methyl/N-ethyl adjacent to an activating group) is 2. The minimum absolute atomic E-state index is 0.355. The van der Waals surface area contributed by atoms with E-state index in [1.807, 2.05) is 13.0 Å². The highest BCUT2D eigenvalue weighted by atomic mass is 15.2. The lowest BCUT2D eigenvalue weighted by Crippen LogP contribution is -2.33. The van der Waals surface area contributed by atoms with Gasteiger partial charge >= 0.3 is 0 Å². The van der Waals surface area contributed by atoms with E-state index in [4.69, 9.17) is 0 Å². The minimum atomic E-state index is 0.355. The van der Waals surface area contributed by atoms with E-state index in [1.54, 1.807) is 0 Å². The monoisotopic (exact) mass is 283 g/mol. The summed E-state index contributed by atoms with van der Waals surface area (Å²) in [6, 6.07) is 17.2. The molecular formula is C18H25N3. The van der Waals surface area contributed by atoms with Crippen LogP contribution in [0.3, 0.4) is 0 Å². The Kier molecular flexibility index (Phi) is 5.90. The van der Waals surface area contributed by atoms with E-state index in [-0.39, 0.29) is 0 Å². The molecule has 2 aromatic rings. The number of rotatable bonds is 7. The van der Waals surface area contributed by atoms with Crippen molar-refractivity contribution in [1.29, 1.82) is 0 Å². The van der Waals surface area contributed by atoms with E-state index >= 15 is 0 Å². The molecule has 0 aliphatic heterocycles. The van der Waals surface area contributed by atoms with E-state index in [1.165, 1.54) is 5.56 Å². The lowest BCUT2D eigenvalue weighted by Gasteiger charge is -2.28. The summed E-state index contributed by atoms with van der Waals surface area (Å²) in [5, 5.41) is 3.46. The fraction of sp³-hybridized carbons (Fsp3) is 0.389. The highest BCUT2D eigenvalue weighted by Crippen LogP contribution is 2.20. The first-order valence-corrected chi connectivity index (χ1v) is 7.59. The zero-order valence-electron chi connectivity index (χ0n) is 13.2. The molecule has 112 valence electrons. The van der Waals surface area contributed by atoms with Gasteiger partial charge in [-0.05, 0) is 38.2 Å². The van der Waals surface area contributed by atoms with Crippen LogP contribution in [-0.4, -0.2) is 30.0 Å². The normalized spacial score (nSPS) is 12.6. The molecule has 0 radical (unpaired) electrons. The Morgan fingerprint density at radius 1 is 1.10 bits per heavy atom. The van der Waals surface area contributed by atoms with Crippen LogP contribution in [0.2, 0.25) is 0 Å². The van der Waals surface area contributed by atoms with Gasteiger partial charge in [0.1, 0.15) is 0 Å². The molecule has 1 aromatic heterocycles. The number of pyridine rings is 1. The van der Waals surface area contributed by atoms with Crippen molar-refractivity contribution in [2.45, 2.75) is 26.4 Å². The Labute approximate surface area is 128 Å². The lowest BCUT2D eigenvalue weighted by molar-refractivity contribution is 0.228. The molecule has 0 aliphatic rings. The standard InChI is InChI=1S/C18H25N3/c1-4-19-13-18(16-10-6-5-7-11-16)21(3)14-17-12-8-9-15(2)20-17/h5-12,18-19H,4,13-14H2,1-3H3. The SMILES string of the molecule is CCNCC(c1ccccc1)N(C)Cc1cccc(C)n1. The summed E-state index contributed by atoms with van der Waals surface area (Å²) < 4.78 is 0. The van der Waals surface area contributed by atoms with Crippen molar-refractivity contribution in [2.75, 3.05) is 20.1 Å². The molecular weight excluding hydrogens is 258 g/mol. The van der Waals surface area contributed by atoms with Crippen LogP contribution in [0.4, 0.5) is 0 Å². The molecule has 0 amide bonds. The summed E-state index contributed by atoms with van der Waals surface area (Å²) in [7, 11) is 2.17. The summed E-state index contributed by atoms with van der Waals surface area (Å²) in [4.78, 5) is 6.97. The number of hydrogen-bond acceptors (Lipinski definition) is 3. The van der Waals surface area contributed by atoms with Gasteiger partial charge in [-0.25, -0.2) is 0 Å². The quantitative estimate of drug-likeness (QED) is 0.846. The molecule has 3 nitrogen and oxygen atoms in total. The lowest BCUT2D eigenvalue weighted by atomic mass is 10.1. The molecule has 1 heterocycles. The molecule has 2 rings (SSSR count). The number of aromatic nitrogens is 1. The van der Waals surface area contributed by atoms with Crippen LogP contribution in [0.1, 0.15) is 29.9 Å². The number of benzene rings is 1. The fourth-order valence-corrected chi connectivity index (χ4v) is 2.54. The van der Waals surface area contributed by atoms with Gasteiger partial charge in [0, 0.05) is 24.8 Å². The highest BCUT2D eigenvalue weighted by Gasteiger charge is 2.17. The summed E-state index contributed by atoms with van der Waals surface area (Å²) in [5.74, 6) is 0. The maximum atomic E-state index is 4.61. The molecule has 0 saturated carbocycles. The van der Waals surface area contributed by atoms with Gasteiger partial charge in [0.25, 0.3) is 0 Å². The molecule has 1 atom stereocenters. The van der Waals surface area contributed by atoms with E-state index in [2.05, 4.69) is 71.6 Å². The Morgan fingerprint density at radius 2 is 1.86 bits per heavy atom. The predicted molar refractivity (Wildman–Crippen MR) is 88.2 cm³/mol. The van der Waals surface area contributed by atoms with Crippen LogP contribution in [0.25, 0.3) is 0 Å². The van der Waals surface area contributed by atoms with Crippen LogP contribution in [-0.2, 0) is 6.54 Å². The van der Waals surface area contributed by atoms with E-state index < -0.39 is 0 Å². The molecule has 1 unspecified atom stereocenters. The number of nitrogens with zero attached hydrogens (tertiary/aromatic N) is 2. The Hall–Kier alpha value is -1.71. The molecule has 0 aliphatic carbocycles. The van der Waals surface area contributed by atoms with Crippen molar-refractivity contribution in [3.63, 3.8) is 0 Å². The summed E-state index contributed by atoms with van der Waals surface area (Å²) in [5.41, 5.74) is 3.53. The van der Waals surface area contributed by atoms with Crippen molar-refractivity contribution in [2.24, 2.45) is 0 Å². The van der Waals surface area contributed by atoms with Crippen molar-refractivity contribution in [3.05, 3.63) is 65.5 Å². The smallest absolute Gasteiger partial charge is 0.0547 e. The number of hydrogen-bond donors (Lipinski definition) is 1. The van der Waals surface area contributed by atoms with Crippen LogP contribution >= 0.6 is 0 Å². The third kappa shape index (κ3) is 4.66. The molecule has 1 aromatic carbocycles. The van der Waals surface area contributed by atoms with Crippen LogP contribution in [0, 0.1) is 6.92 Å². The first-order valence-electron chi connectivity index (χ1n) is 7.59. The van der Waals surface area contributed by atoms with Gasteiger partial charge in [0.15, 0.2) is 0 Å². The van der Waals surface area contributed by atoms with E-state index in [0.29, 0.717) is 6.04 Å². The van der Waals surface area contributed by atoms with Crippen molar-refractivity contribution in [3.8, 4) is 0 Å². The second kappa shape index (κ2) is 7.91. The van der Waals surface area contributed by atoms with Gasteiger partial charge in [-0.1, -0.05) is 43.3 Å². The maximum Gasteiger partial charge on any atom is 0.0547 e. The number of aryl methyl sites for hydroxylation is 1. The molecule has 0 bridgehead atoms. The van der Waals surface area contributed by atoms with Gasteiger partial charge in [-0.3, -0.25) is 9.88 Å². The molecule has 0 saturated heterocycles. The second-order valence-electron chi connectivity index (χ2n) is 5.42. The predicted octanol–water partition coefficient (Wildman–Crippen LogP) is 3.17. The second-order valence-corrected chi connectivity index (χ2v) is 5.42. The van der Waals surface area contributed by atoms with Crippen molar-refractivity contribution >= 4 is 0 Å². The van der Waals surface area contributed by atoms with Gasteiger partial charge in [0.05, 0.1) is 5.69 Å². The zero-order valence-corrected chi connectivity index (χ0v) is 13.2. The molecule has 3 heteroatoms. The maximum absolute atomic E-state index is 4.61. The van der Waals surface area contributed by atoms with Crippen LogP contribution in [0.15, 0.2) is 48.5 Å². The van der Waals surface area contributed by atoms with Crippen molar-refractivity contribution in [1.82, 2.24) is 15.2 Å². The fourth-order valence-electron chi connectivity index (χ4n) is 2.54. The summed E-state index contributed by atoms with van der Waals surface area (Å²) in [6.07, 6.45) is 0. The molecule has 0 spiro atoms. The topological polar surface area (TPSA) is 28.2 Å². The van der Waals surface area contributed by atoms with Gasteiger partial charge in [-0.2, -0.15) is 0 Å². The van der Waals surface area contributed by atoms with Gasteiger partial charge in [0.2, 0.25) is 0 Å². The average molecular weight is 283 g/mol. The largest absolute Gasteiger partial charge is 0.315 e. The van der Waals surface area contributed by atoms with Gasteiger partial charge < -0.3 is 5.32 Å². The Balaban J connectivity index is 2.12.